The lowest BCUT2D eigenvalue weighted by Gasteiger charge is -2.70. The standard InChI is InChI=1S/C32H48O8/c1-18(33)38-20-16-22-29(4)12-10-23(39-26(37)17-24(34)35)28(2,3)21(29)9-14-30(22,5)31(6)13-8-19(27(20)31)32(7)15-11-25(36)40-32/h19-23,27H,8-17H2,1-7H3,(H,34,35). The van der Waals surface area contributed by atoms with Gasteiger partial charge in [-0.05, 0) is 86.4 Å². The number of carboxylic acids is 1. The second-order valence-electron chi connectivity index (χ2n) is 15.2. The minimum atomic E-state index is -1.17. The molecule has 4 aliphatic carbocycles. The maximum Gasteiger partial charge on any atom is 0.317 e. The van der Waals surface area contributed by atoms with E-state index in [4.69, 9.17) is 19.3 Å². The lowest BCUT2D eigenvalue weighted by atomic mass is 9.35. The van der Waals surface area contributed by atoms with Crippen molar-refractivity contribution in [1.29, 1.82) is 0 Å². The van der Waals surface area contributed by atoms with Gasteiger partial charge in [-0.1, -0.05) is 34.6 Å². The molecule has 8 heteroatoms. The number of fused-ring (bicyclic) bond motifs is 5. The molecule has 1 saturated heterocycles. The van der Waals surface area contributed by atoms with Gasteiger partial charge in [-0.25, -0.2) is 0 Å². The van der Waals surface area contributed by atoms with Crippen molar-refractivity contribution in [2.75, 3.05) is 0 Å². The average Bonchev–Trinajstić information content (AvgIpc) is 3.37. The summed E-state index contributed by atoms with van der Waals surface area (Å²) in [6.45, 7) is 15.2. The fourth-order valence-electron chi connectivity index (χ4n) is 11.2. The number of ether oxygens (including phenoxy) is 3. The van der Waals surface area contributed by atoms with Gasteiger partial charge in [0.2, 0.25) is 0 Å². The van der Waals surface area contributed by atoms with Gasteiger partial charge in [0.25, 0.3) is 0 Å². The lowest BCUT2D eigenvalue weighted by Crippen LogP contribution is -2.67. The van der Waals surface area contributed by atoms with Crippen molar-refractivity contribution in [2.45, 2.75) is 130 Å². The number of carboxylic acid groups (broad SMARTS) is 1. The van der Waals surface area contributed by atoms with Gasteiger partial charge in [0.05, 0.1) is 0 Å². The first kappa shape index (κ1) is 29.4. The smallest absolute Gasteiger partial charge is 0.317 e. The fourth-order valence-corrected chi connectivity index (χ4v) is 11.2. The minimum absolute atomic E-state index is 0.0101. The summed E-state index contributed by atoms with van der Waals surface area (Å²) in [5.41, 5.74) is -0.971. The second-order valence-corrected chi connectivity index (χ2v) is 15.2. The van der Waals surface area contributed by atoms with Gasteiger partial charge in [-0.3, -0.25) is 19.2 Å². The molecule has 224 valence electrons. The molecule has 1 N–H and O–H groups in total. The number of carbonyl (C=O) groups excluding carboxylic acids is 3. The van der Waals surface area contributed by atoms with Gasteiger partial charge in [0.15, 0.2) is 0 Å². The minimum Gasteiger partial charge on any atom is -0.481 e. The van der Waals surface area contributed by atoms with E-state index in [1.807, 2.05) is 0 Å². The molecule has 0 radical (unpaired) electrons. The molecular formula is C32H48O8. The molecule has 0 aromatic heterocycles. The number of hydrogen-bond donors (Lipinski definition) is 1. The Morgan fingerprint density at radius 1 is 0.900 bits per heavy atom. The molecule has 5 fully saturated rings. The van der Waals surface area contributed by atoms with Crippen LogP contribution in [0.4, 0.5) is 0 Å². The maximum atomic E-state index is 12.5. The van der Waals surface area contributed by atoms with Crippen molar-refractivity contribution in [3.63, 3.8) is 0 Å². The summed E-state index contributed by atoms with van der Waals surface area (Å²) in [7, 11) is 0. The van der Waals surface area contributed by atoms with Crippen molar-refractivity contribution in [1.82, 2.24) is 0 Å². The van der Waals surface area contributed by atoms with E-state index in [1.54, 1.807) is 0 Å². The highest BCUT2D eigenvalue weighted by molar-refractivity contribution is 5.90. The van der Waals surface area contributed by atoms with Crippen LogP contribution in [0.5, 0.6) is 0 Å². The Morgan fingerprint density at radius 2 is 1.57 bits per heavy atom. The highest BCUT2D eigenvalue weighted by Crippen LogP contribution is 2.76. The van der Waals surface area contributed by atoms with E-state index in [0.29, 0.717) is 25.2 Å². The zero-order valence-electron chi connectivity index (χ0n) is 25.3. The molecule has 0 bridgehead atoms. The third-order valence-corrected chi connectivity index (χ3v) is 13.1. The maximum absolute atomic E-state index is 12.5. The Bertz CT molecular complexity index is 1100. The third kappa shape index (κ3) is 4.21. The van der Waals surface area contributed by atoms with E-state index in [0.717, 1.165) is 38.5 Å². The van der Waals surface area contributed by atoms with Crippen LogP contribution >= 0.6 is 0 Å². The van der Waals surface area contributed by atoms with E-state index in [-0.39, 0.29) is 63.6 Å². The highest BCUT2D eigenvalue weighted by atomic mass is 16.6. The topological polar surface area (TPSA) is 116 Å². The van der Waals surface area contributed by atoms with E-state index >= 15 is 0 Å². The van der Waals surface area contributed by atoms with Crippen LogP contribution in [0, 0.1) is 45.3 Å². The molecule has 10 unspecified atom stereocenters. The molecule has 40 heavy (non-hydrogen) atoms. The fraction of sp³-hybridized carbons (Fsp3) is 0.875. The van der Waals surface area contributed by atoms with Crippen LogP contribution in [0.25, 0.3) is 0 Å². The molecule has 0 spiro atoms. The number of cyclic esters (lactones) is 1. The third-order valence-electron chi connectivity index (χ3n) is 13.1. The number of esters is 3. The summed E-state index contributed by atoms with van der Waals surface area (Å²) in [4.78, 5) is 48.2. The van der Waals surface area contributed by atoms with Gasteiger partial charge in [0.1, 0.15) is 24.2 Å². The predicted molar refractivity (Wildman–Crippen MR) is 146 cm³/mol. The monoisotopic (exact) mass is 560 g/mol. The average molecular weight is 561 g/mol. The molecule has 1 aliphatic heterocycles. The molecule has 1 heterocycles. The van der Waals surface area contributed by atoms with Gasteiger partial charge in [-0.2, -0.15) is 0 Å². The zero-order chi connectivity index (χ0) is 29.5. The van der Waals surface area contributed by atoms with Crippen LogP contribution in [0.2, 0.25) is 0 Å². The molecule has 4 saturated carbocycles. The van der Waals surface area contributed by atoms with Crippen LogP contribution in [0.3, 0.4) is 0 Å². The van der Waals surface area contributed by atoms with Gasteiger partial charge in [-0.15, -0.1) is 0 Å². The Labute approximate surface area is 238 Å². The number of aliphatic carboxylic acids is 1. The normalized spacial score (nSPS) is 47.3. The van der Waals surface area contributed by atoms with Crippen LogP contribution in [-0.4, -0.2) is 46.8 Å². The van der Waals surface area contributed by atoms with E-state index in [2.05, 4.69) is 41.5 Å². The molecule has 8 nitrogen and oxygen atoms in total. The first-order chi connectivity index (χ1) is 18.5. The van der Waals surface area contributed by atoms with Crippen molar-refractivity contribution >= 4 is 23.9 Å². The summed E-state index contributed by atoms with van der Waals surface area (Å²) >= 11 is 0. The quantitative estimate of drug-likeness (QED) is 0.259. The Hall–Kier alpha value is -2.12. The molecule has 0 amide bonds. The largest absolute Gasteiger partial charge is 0.481 e. The number of rotatable bonds is 5. The summed E-state index contributed by atoms with van der Waals surface area (Å²) in [6.07, 6.45) is 6.32. The van der Waals surface area contributed by atoms with Crippen LogP contribution < -0.4 is 0 Å². The van der Waals surface area contributed by atoms with Crippen molar-refractivity contribution in [3.8, 4) is 0 Å². The molecule has 0 aromatic carbocycles. The molecule has 10 atom stereocenters. The predicted octanol–water partition coefficient (Wildman–Crippen LogP) is 5.70. The Balaban J connectivity index is 1.49. The molecule has 5 aliphatic rings. The van der Waals surface area contributed by atoms with Gasteiger partial charge < -0.3 is 19.3 Å². The summed E-state index contributed by atoms with van der Waals surface area (Å²) < 4.78 is 18.0. The van der Waals surface area contributed by atoms with E-state index in [9.17, 15) is 19.2 Å². The first-order valence-electron chi connectivity index (χ1n) is 15.3. The van der Waals surface area contributed by atoms with Crippen molar-refractivity contribution < 1.29 is 38.5 Å². The molecule has 0 aromatic rings. The number of carbonyl (C=O) groups is 4. The Kier molecular flexibility index (Phi) is 6.94. The van der Waals surface area contributed by atoms with Crippen LogP contribution in [-0.2, 0) is 33.4 Å². The van der Waals surface area contributed by atoms with Crippen molar-refractivity contribution in [3.05, 3.63) is 0 Å². The first-order valence-corrected chi connectivity index (χ1v) is 15.3. The lowest BCUT2D eigenvalue weighted by molar-refractivity contribution is -0.252. The summed E-state index contributed by atoms with van der Waals surface area (Å²) in [6, 6.07) is 0. The highest BCUT2D eigenvalue weighted by Gasteiger charge is 2.72. The molecule has 5 rings (SSSR count). The SMILES string of the molecule is CC(=O)OC1CC2C3(C)CCC(OC(=O)CC(=O)O)C(C)(C)C3CCC2(C)C2(C)CCC(C3(C)CCC(=O)O3)C12. The van der Waals surface area contributed by atoms with Crippen LogP contribution in [0.1, 0.15) is 113 Å². The second kappa shape index (κ2) is 9.45. The Morgan fingerprint density at radius 3 is 2.17 bits per heavy atom. The molecular weight excluding hydrogens is 512 g/mol. The van der Waals surface area contributed by atoms with E-state index < -0.39 is 24.0 Å². The van der Waals surface area contributed by atoms with Gasteiger partial charge in [0, 0.05) is 30.6 Å². The van der Waals surface area contributed by atoms with Gasteiger partial charge >= 0.3 is 23.9 Å². The summed E-state index contributed by atoms with van der Waals surface area (Å²) in [5, 5.41) is 9.07. The van der Waals surface area contributed by atoms with Crippen molar-refractivity contribution in [2.24, 2.45) is 45.3 Å². The zero-order valence-corrected chi connectivity index (χ0v) is 25.3. The van der Waals surface area contributed by atoms with Crippen LogP contribution in [0.15, 0.2) is 0 Å². The van der Waals surface area contributed by atoms with E-state index in [1.165, 1.54) is 6.92 Å². The summed E-state index contributed by atoms with van der Waals surface area (Å²) in [5.74, 6) is -1.38. The number of hydrogen-bond acceptors (Lipinski definition) is 7.